The van der Waals surface area contributed by atoms with Crippen molar-refractivity contribution < 1.29 is 10.2 Å². The predicted molar refractivity (Wildman–Crippen MR) is 45.4 cm³/mol. The van der Waals surface area contributed by atoms with Crippen LogP contribution >= 0.6 is 0 Å². The molecule has 1 rings (SSSR count). The number of hydrogen-bond acceptors (Lipinski definition) is 2. The topological polar surface area (TPSA) is 40.5 Å². The van der Waals surface area contributed by atoms with Crippen LogP contribution < -0.4 is 0 Å². The summed E-state index contributed by atoms with van der Waals surface area (Å²) in [7, 11) is 0. The maximum atomic E-state index is 8.83. The average molecular weight is 154 g/mol. The SMILES string of the molecule is CC.OCc1cccc(O)c1. The molecule has 2 nitrogen and oxygen atoms in total. The summed E-state index contributed by atoms with van der Waals surface area (Å²) >= 11 is 0. The van der Waals surface area contributed by atoms with E-state index in [-0.39, 0.29) is 12.4 Å². The van der Waals surface area contributed by atoms with Gasteiger partial charge < -0.3 is 10.2 Å². The van der Waals surface area contributed by atoms with Crippen LogP contribution in [0.1, 0.15) is 19.4 Å². The lowest BCUT2D eigenvalue weighted by Crippen LogP contribution is -1.79. The second kappa shape index (κ2) is 5.74. The molecule has 0 aliphatic rings. The van der Waals surface area contributed by atoms with Crippen LogP contribution in [0.25, 0.3) is 0 Å². The molecule has 0 aromatic heterocycles. The minimum Gasteiger partial charge on any atom is -0.508 e. The van der Waals surface area contributed by atoms with Crippen LogP contribution in [0.2, 0.25) is 0 Å². The van der Waals surface area contributed by atoms with E-state index >= 15 is 0 Å². The summed E-state index contributed by atoms with van der Waals surface area (Å²) in [6.07, 6.45) is 0. The molecule has 0 unspecified atom stereocenters. The first kappa shape index (κ1) is 9.98. The molecule has 2 N–H and O–H groups in total. The van der Waals surface area contributed by atoms with Gasteiger partial charge in [0, 0.05) is 0 Å². The highest BCUT2D eigenvalue weighted by atomic mass is 16.3. The van der Waals surface area contributed by atoms with E-state index in [9.17, 15) is 0 Å². The molecular formula is C9H14O2. The molecule has 62 valence electrons. The molecule has 0 heterocycles. The van der Waals surface area contributed by atoms with Crippen LogP contribution in [0.5, 0.6) is 5.75 Å². The third-order valence-corrected chi connectivity index (χ3v) is 1.09. The summed E-state index contributed by atoms with van der Waals surface area (Å²) in [4.78, 5) is 0. The Hall–Kier alpha value is -1.02. The average Bonchev–Trinajstić information content (AvgIpc) is 2.08. The van der Waals surface area contributed by atoms with E-state index in [0.717, 1.165) is 5.56 Å². The van der Waals surface area contributed by atoms with Crippen LogP contribution in [0.3, 0.4) is 0 Å². The monoisotopic (exact) mass is 154 g/mol. The van der Waals surface area contributed by atoms with Gasteiger partial charge in [0.05, 0.1) is 6.61 Å². The van der Waals surface area contributed by atoms with Gasteiger partial charge in [0.25, 0.3) is 0 Å². The van der Waals surface area contributed by atoms with E-state index in [1.165, 1.54) is 6.07 Å². The van der Waals surface area contributed by atoms with E-state index in [1.54, 1.807) is 18.2 Å². The summed E-state index contributed by atoms with van der Waals surface area (Å²) in [5.41, 5.74) is 0.731. The molecule has 0 atom stereocenters. The standard InChI is InChI=1S/C7H8O2.C2H6/c8-5-6-2-1-3-7(9)4-6;1-2/h1-4,8-9H,5H2;1-2H3. The van der Waals surface area contributed by atoms with Crippen molar-refractivity contribution in [2.24, 2.45) is 0 Å². The summed E-state index contributed by atoms with van der Waals surface area (Å²) in [5, 5.41) is 17.4. The van der Waals surface area contributed by atoms with Crippen molar-refractivity contribution in [1.82, 2.24) is 0 Å². The second-order valence-electron chi connectivity index (χ2n) is 1.83. The van der Waals surface area contributed by atoms with Gasteiger partial charge >= 0.3 is 0 Å². The van der Waals surface area contributed by atoms with Gasteiger partial charge in [-0.05, 0) is 17.7 Å². The van der Waals surface area contributed by atoms with Gasteiger partial charge in [-0.1, -0.05) is 26.0 Å². The third kappa shape index (κ3) is 3.63. The Kier molecular flexibility index (Phi) is 5.21. The first-order valence-electron chi connectivity index (χ1n) is 3.71. The summed E-state index contributed by atoms with van der Waals surface area (Å²) in [6.45, 7) is 3.98. The number of hydrogen-bond donors (Lipinski definition) is 2. The highest BCUT2D eigenvalue weighted by molar-refractivity contribution is 5.26. The van der Waals surface area contributed by atoms with Gasteiger partial charge in [-0.3, -0.25) is 0 Å². The Morgan fingerprint density at radius 1 is 1.27 bits per heavy atom. The van der Waals surface area contributed by atoms with Crippen molar-refractivity contribution in [3.8, 4) is 5.75 Å². The molecule has 0 fully saturated rings. The molecule has 0 bridgehead atoms. The fourth-order valence-corrected chi connectivity index (χ4v) is 0.655. The highest BCUT2D eigenvalue weighted by Gasteiger charge is 1.88. The number of benzene rings is 1. The molecule has 0 saturated heterocycles. The van der Waals surface area contributed by atoms with Crippen molar-refractivity contribution in [3.05, 3.63) is 29.8 Å². The normalized spacial score (nSPS) is 8.27. The largest absolute Gasteiger partial charge is 0.508 e. The molecule has 0 radical (unpaired) electrons. The highest BCUT2D eigenvalue weighted by Crippen LogP contribution is 2.09. The van der Waals surface area contributed by atoms with Crippen LogP contribution in [0.4, 0.5) is 0 Å². The lowest BCUT2D eigenvalue weighted by atomic mass is 10.2. The molecule has 11 heavy (non-hydrogen) atoms. The minimum absolute atomic E-state index is 0.0194. The number of aliphatic hydroxyl groups excluding tert-OH is 1. The molecule has 0 aliphatic carbocycles. The first-order valence-corrected chi connectivity index (χ1v) is 3.71. The van der Waals surface area contributed by atoms with Gasteiger partial charge in [0.2, 0.25) is 0 Å². The van der Waals surface area contributed by atoms with Gasteiger partial charge in [-0.25, -0.2) is 0 Å². The van der Waals surface area contributed by atoms with Crippen LogP contribution in [-0.4, -0.2) is 10.2 Å². The maximum Gasteiger partial charge on any atom is 0.115 e. The van der Waals surface area contributed by atoms with Crippen LogP contribution in [0.15, 0.2) is 24.3 Å². The summed E-state index contributed by atoms with van der Waals surface area (Å²) < 4.78 is 0. The number of aromatic hydroxyl groups is 1. The molecule has 0 spiro atoms. The first-order chi connectivity index (χ1) is 5.33. The van der Waals surface area contributed by atoms with Crippen LogP contribution in [-0.2, 0) is 6.61 Å². The van der Waals surface area contributed by atoms with E-state index in [0.29, 0.717) is 0 Å². The van der Waals surface area contributed by atoms with Gasteiger partial charge in [-0.2, -0.15) is 0 Å². The fourth-order valence-electron chi connectivity index (χ4n) is 0.655. The molecule has 1 aromatic rings. The molecule has 0 aliphatic heterocycles. The van der Waals surface area contributed by atoms with Gasteiger partial charge in [0.1, 0.15) is 5.75 Å². The van der Waals surface area contributed by atoms with E-state index in [2.05, 4.69) is 0 Å². The molecule has 1 aromatic carbocycles. The van der Waals surface area contributed by atoms with E-state index in [4.69, 9.17) is 10.2 Å². The van der Waals surface area contributed by atoms with Crippen LogP contribution in [0, 0.1) is 0 Å². The lowest BCUT2D eigenvalue weighted by Gasteiger charge is -1.93. The predicted octanol–water partition coefficient (Wildman–Crippen LogP) is 1.91. The van der Waals surface area contributed by atoms with Crippen molar-refractivity contribution in [2.45, 2.75) is 20.5 Å². The molecular weight excluding hydrogens is 140 g/mol. The number of aliphatic hydroxyl groups is 1. The Morgan fingerprint density at radius 2 is 1.91 bits per heavy atom. The zero-order chi connectivity index (χ0) is 8.69. The third-order valence-electron chi connectivity index (χ3n) is 1.09. The summed E-state index contributed by atoms with van der Waals surface area (Å²) in [6, 6.07) is 6.54. The van der Waals surface area contributed by atoms with E-state index in [1.807, 2.05) is 13.8 Å². The smallest absolute Gasteiger partial charge is 0.115 e. The molecule has 0 amide bonds. The van der Waals surface area contributed by atoms with E-state index < -0.39 is 0 Å². The number of phenolic OH excluding ortho intramolecular Hbond substituents is 1. The lowest BCUT2D eigenvalue weighted by molar-refractivity contribution is 0.281. The quantitative estimate of drug-likeness (QED) is 0.648. The Morgan fingerprint density at radius 3 is 2.27 bits per heavy atom. The van der Waals surface area contributed by atoms with Gasteiger partial charge in [-0.15, -0.1) is 0 Å². The van der Waals surface area contributed by atoms with Gasteiger partial charge in [0.15, 0.2) is 0 Å². The minimum atomic E-state index is -0.0194. The van der Waals surface area contributed by atoms with Crippen molar-refractivity contribution in [3.63, 3.8) is 0 Å². The molecule has 2 heteroatoms. The molecule has 0 saturated carbocycles. The van der Waals surface area contributed by atoms with Crippen molar-refractivity contribution in [2.75, 3.05) is 0 Å². The number of phenols is 1. The Bertz CT molecular complexity index is 197. The maximum absolute atomic E-state index is 8.83. The number of rotatable bonds is 1. The Balaban J connectivity index is 0.000000461. The Labute approximate surface area is 67.1 Å². The van der Waals surface area contributed by atoms with Crippen molar-refractivity contribution >= 4 is 0 Å². The van der Waals surface area contributed by atoms with Crippen molar-refractivity contribution in [1.29, 1.82) is 0 Å². The second-order valence-corrected chi connectivity index (χ2v) is 1.83. The summed E-state index contributed by atoms with van der Waals surface area (Å²) in [5.74, 6) is 0.196. The fraction of sp³-hybridized carbons (Fsp3) is 0.333. The zero-order valence-electron chi connectivity index (χ0n) is 6.91. The zero-order valence-corrected chi connectivity index (χ0v) is 6.91.